The molecule has 3 nitrogen and oxygen atoms in total. The Bertz CT molecular complexity index is 386. The number of nitrogens with zero attached hydrogens (tertiary/aromatic N) is 1. The molecular weight excluding hydrogens is 254 g/mol. The number of ether oxygens (including phenoxy) is 1. The minimum absolute atomic E-state index is 0.283. The first kappa shape index (κ1) is 14.1. The second-order valence-electron chi connectivity index (χ2n) is 4.68. The molecule has 0 N–H and O–H groups in total. The number of carbonyl (C=O) groups is 1. The monoisotopic (exact) mass is 271 g/mol. The summed E-state index contributed by atoms with van der Waals surface area (Å²) < 4.78 is 6.86. The minimum Gasteiger partial charge on any atom is -0.450 e. The molecule has 0 aliphatic carbocycles. The Hall–Kier alpha value is -1.00. The van der Waals surface area contributed by atoms with Crippen LogP contribution in [-0.4, -0.2) is 20.9 Å². The highest BCUT2D eigenvalue weighted by molar-refractivity contribution is 6.82. The van der Waals surface area contributed by atoms with Gasteiger partial charge < -0.3 is 9.30 Å². The van der Waals surface area contributed by atoms with E-state index in [1.165, 1.54) is 0 Å². The van der Waals surface area contributed by atoms with Crippen LogP contribution in [0.3, 0.4) is 0 Å². The van der Waals surface area contributed by atoms with Crippen LogP contribution >= 0.6 is 11.6 Å². The van der Waals surface area contributed by atoms with Gasteiger partial charge in [-0.25, -0.2) is 4.79 Å². The average molecular weight is 272 g/mol. The van der Waals surface area contributed by atoms with E-state index >= 15 is 0 Å². The van der Waals surface area contributed by atoms with Crippen LogP contribution in [0.15, 0.2) is 24.3 Å². The maximum absolute atomic E-state index is 12.0. The molecule has 0 atom stereocenters. The van der Waals surface area contributed by atoms with E-state index in [0.717, 1.165) is 5.69 Å². The van der Waals surface area contributed by atoms with Gasteiger partial charge >= 0.3 is 6.09 Å². The smallest absolute Gasteiger partial charge is 0.406 e. The number of hydrogen-bond acceptors (Lipinski definition) is 2. The average Bonchev–Trinajstić information content (AvgIpc) is 2.19. The lowest BCUT2D eigenvalue weighted by Crippen LogP contribution is -2.50. The standard InChI is InChI=1S/C12H18ClNO2Si/c1-5-16-12(15)14(17(2,3)4)11-8-6-10(13)7-9-11/h6-9H,5H2,1-4H3. The third-order valence-corrected chi connectivity index (χ3v) is 4.24. The van der Waals surface area contributed by atoms with Crippen LogP contribution in [0.25, 0.3) is 0 Å². The van der Waals surface area contributed by atoms with E-state index in [-0.39, 0.29) is 6.09 Å². The van der Waals surface area contributed by atoms with Gasteiger partial charge in [-0.1, -0.05) is 31.2 Å². The Morgan fingerprint density at radius 3 is 2.24 bits per heavy atom. The van der Waals surface area contributed by atoms with Crippen LogP contribution < -0.4 is 4.57 Å². The van der Waals surface area contributed by atoms with E-state index in [1.807, 2.05) is 19.1 Å². The minimum atomic E-state index is -1.83. The maximum Gasteiger partial charge on any atom is 0.406 e. The molecule has 0 bridgehead atoms. The van der Waals surface area contributed by atoms with Crippen molar-refractivity contribution in [3.05, 3.63) is 29.3 Å². The number of rotatable bonds is 3. The van der Waals surface area contributed by atoms with Gasteiger partial charge in [-0.05, 0) is 31.2 Å². The summed E-state index contributed by atoms with van der Waals surface area (Å²) in [6.45, 7) is 8.48. The van der Waals surface area contributed by atoms with Crippen LogP contribution in [0.4, 0.5) is 10.5 Å². The highest BCUT2D eigenvalue weighted by atomic mass is 35.5. The number of carbonyl (C=O) groups excluding carboxylic acids is 1. The van der Waals surface area contributed by atoms with Gasteiger partial charge in [0.1, 0.15) is 0 Å². The lowest BCUT2D eigenvalue weighted by molar-refractivity contribution is 0.163. The Labute approximate surface area is 108 Å². The zero-order chi connectivity index (χ0) is 13.1. The Morgan fingerprint density at radius 1 is 1.29 bits per heavy atom. The van der Waals surface area contributed by atoms with Crippen LogP contribution in [0, 0.1) is 0 Å². The zero-order valence-corrected chi connectivity index (χ0v) is 12.4. The Morgan fingerprint density at radius 2 is 1.82 bits per heavy atom. The summed E-state index contributed by atoms with van der Waals surface area (Å²) in [4.78, 5) is 12.0. The normalized spacial score (nSPS) is 11.1. The van der Waals surface area contributed by atoms with Crippen molar-refractivity contribution in [2.24, 2.45) is 0 Å². The number of halogens is 1. The first-order chi connectivity index (χ1) is 7.86. The highest BCUT2D eigenvalue weighted by Crippen LogP contribution is 2.24. The van der Waals surface area contributed by atoms with Crippen molar-refractivity contribution >= 4 is 31.6 Å². The van der Waals surface area contributed by atoms with Gasteiger partial charge in [0, 0.05) is 10.7 Å². The van der Waals surface area contributed by atoms with Crippen LogP contribution in [0.2, 0.25) is 24.7 Å². The van der Waals surface area contributed by atoms with Crippen molar-refractivity contribution in [3.8, 4) is 0 Å². The number of amides is 1. The Balaban J connectivity index is 3.07. The fraction of sp³-hybridized carbons (Fsp3) is 0.417. The molecule has 1 rings (SSSR count). The van der Waals surface area contributed by atoms with Gasteiger partial charge in [0.2, 0.25) is 0 Å². The van der Waals surface area contributed by atoms with Crippen molar-refractivity contribution in [2.75, 3.05) is 11.2 Å². The molecule has 0 fully saturated rings. The summed E-state index contributed by atoms with van der Waals surface area (Å²) in [6, 6.07) is 7.25. The van der Waals surface area contributed by atoms with E-state index in [9.17, 15) is 4.79 Å². The SMILES string of the molecule is CCOC(=O)N(c1ccc(Cl)cc1)[Si](C)(C)C. The Kier molecular flexibility index (Phi) is 4.59. The summed E-state index contributed by atoms with van der Waals surface area (Å²) >= 11 is 5.85. The van der Waals surface area contributed by atoms with E-state index in [4.69, 9.17) is 16.3 Å². The summed E-state index contributed by atoms with van der Waals surface area (Å²) in [6.07, 6.45) is -0.283. The predicted molar refractivity (Wildman–Crippen MR) is 74.3 cm³/mol. The molecule has 0 aliphatic heterocycles. The van der Waals surface area contributed by atoms with Gasteiger partial charge in [-0.15, -0.1) is 0 Å². The molecule has 0 spiro atoms. The third kappa shape index (κ3) is 3.75. The third-order valence-electron chi connectivity index (χ3n) is 2.21. The summed E-state index contributed by atoms with van der Waals surface area (Å²) in [7, 11) is -1.83. The molecular formula is C12H18ClNO2Si. The first-order valence-electron chi connectivity index (χ1n) is 5.59. The second-order valence-corrected chi connectivity index (χ2v) is 9.91. The van der Waals surface area contributed by atoms with Crippen LogP contribution in [0.1, 0.15) is 6.92 Å². The molecule has 0 aromatic heterocycles. The molecule has 0 aliphatic rings. The number of anilines is 1. The van der Waals surface area contributed by atoms with Crippen molar-refractivity contribution in [3.63, 3.8) is 0 Å². The molecule has 0 heterocycles. The molecule has 0 saturated heterocycles. The van der Waals surface area contributed by atoms with Crippen molar-refractivity contribution in [2.45, 2.75) is 26.6 Å². The topological polar surface area (TPSA) is 29.5 Å². The van der Waals surface area contributed by atoms with Gasteiger partial charge in [-0.3, -0.25) is 0 Å². The molecule has 17 heavy (non-hydrogen) atoms. The fourth-order valence-electron chi connectivity index (χ4n) is 1.54. The fourth-order valence-corrected chi connectivity index (χ4v) is 3.21. The maximum atomic E-state index is 12.0. The van der Waals surface area contributed by atoms with E-state index in [0.29, 0.717) is 11.6 Å². The zero-order valence-electron chi connectivity index (χ0n) is 10.7. The van der Waals surface area contributed by atoms with E-state index in [2.05, 4.69) is 19.6 Å². The lowest BCUT2D eigenvalue weighted by atomic mass is 10.3. The second kappa shape index (κ2) is 5.56. The first-order valence-corrected chi connectivity index (χ1v) is 9.41. The van der Waals surface area contributed by atoms with Gasteiger partial charge in [0.25, 0.3) is 0 Å². The van der Waals surface area contributed by atoms with E-state index < -0.39 is 8.24 Å². The van der Waals surface area contributed by atoms with Crippen molar-refractivity contribution in [1.29, 1.82) is 0 Å². The molecule has 5 heteroatoms. The van der Waals surface area contributed by atoms with Crippen molar-refractivity contribution < 1.29 is 9.53 Å². The van der Waals surface area contributed by atoms with Crippen LogP contribution in [-0.2, 0) is 4.74 Å². The van der Waals surface area contributed by atoms with Crippen LogP contribution in [0.5, 0.6) is 0 Å². The summed E-state index contributed by atoms with van der Waals surface area (Å²) in [5.74, 6) is 0. The molecule has 1 aromatic rings. The molecule has 94 valence electrons. The quantitative estimate of drug-likeness (QED) is 0.774. The summed E-state index contributed by atoms with van der Waals surface area (Å²) in [5.41, 5.74) is 0.840. The van der Waals surface area contributed by atoms with Gasteiger partial charge in [-0.2, -0.15) is 0 Å². The predicted octanol–water partition coefficient (Wildman–Crippen LogP) is 4.14. The molecule has 1 aromatic carbocycles. The van der Waals surface area contributed by atoms with Crippen molar-refractivity contribution in [1.82, 2.24) is 0 Å². The lowest BCUT2D eigenvalue weighted by Gasteiger charge is -2.33. The summed E-state index contributed by atoms with van der Waals surface area (Å²) in [5, 5.41) is 0.660. The molecule has 0 unspecified atom stereocenters. The largest absolute Gasteiger partial charge is 0.450 e. The van der Waals surface area contributed by atoms with Gasteiger partial charge in [0.05, 0.1) is 6.61 Å². The number of benzene rings is 1. The van der Waals surface area contributed by atoms with Gasteiger partial charge in [0.15, 0.2) is 8.24 Å². The van der Waals surface area contributed by atoms with E-state index in [1.54, 1.807) is 16.7 Å². The highest BCUT2D eigenvalue weighted by Gasteiger charge is 2.31. The molecule has 0 saturated carbocycles. The molecule has 0 radical (unpaired) electrons. The molecule has 1 amide bonds. The number of hydrogen-bond donors (Lipinski definition) is 0.